The van der Waals surface area contributed by atoms with Crippen LogP contribution in [0.3, 0.4) is 0 Å². The summed E-state index contributed by atoms with van der Waals surface area (Å²) in [6, 6.07) is 9.88. The van der Waals surface area contributed by atoms with Gasteiger partial charge in [0.15, 0.2) is 0 Å². The summed E-state index contributed by atoms with van der Waals surface area (Å²) in [6.07, 6.45) is 3.35. The molecule has 0 spiro atoms. The summed E-state index contributed by atoms with van der Waals surface area (Å²) in [5.41, 5.74) is 1.37. The Kier molecular flexibility index (Phi) is 7.63. The van der Waals surface area contributed by atoms with Crippen LogP contribution in [0.5, 0.6) is 0 Å². The van der Waals surface area contributed by atoms with E-state index in [1.54, 1.807) is 11.8 Å². The van der Waals surface area contributed by atoms with Crippen LogP contribution >= 0.6 is 11.8 Å². The quantitative estimate of drug-likeness (QED) is 0.729. The number of hydrogen-bond acceptors (Lipinski definition) is 3. The molecule has 0 aliphatic rings. The molecule has 114 valence electrons. The lowest BCUT2D eigenvalue weighted by Crippen LogP contribution is -2.39. The third-order valence-electron chi connectivity index (χ3n) is 3.75. The second-order valence-electron chi connectivity index (χ2n) is 6.15. The molecule has 0 saturated carbocycles. The number of thioether (sulfide) groups is 1. The first-order valence-corrected chi connectivity index (χ1v) is 8.70. The van der Waals surface area contributed by atoms with Gasteiger partial charge in [-0.25, -0.2) is 0 Å². The number of rotatable bonds is 8. The SMILES string of the molecule is CSc1ccc(C(C)NCC(CC(C)C)N(C)C)cc1. The minimum atomic E-state index is 0.403. The number of benzene rings is 1. The van der Waals surface area contributed by atoms with Crippen LogP contribution < -0.4 is 5.32 Å². The highest BCUT2D eigenvalue weighted by atomic mass is 32.2. The van der Waals surface area contributed by atoms with E-state index in [4.69, 9.17) is 0 Å². The molecule has 1 aromatic carbocycles. The van der Waals surface area contributed by atoms with Crippen molar-refractivity contribution in [2.24, 2.45) is 5.92 Å². The van der Waals surface area contributed by atoms with E-state index in [9.17, 15) is 0 Å². The largest absolute Gasteiger partial charge is 0.309 e. The maximum absolute atomic E-state index is 3.67. The molecule has 0 saturated heterocycles. The zero-order chi connectivity index (χ0) is 15.1. The maximum Gasteiger partial charge on any atom is 0.0292 e. The standard InChI is InChI=1S/C17H30N2S/c1-13(2)11-16(19(4)5)12-18-14(3)15-7-9-17(20-6)10-8-15/h7-10,13-14,16,18H,11-12H2,1-6H3. The minimum absolute atomic E-state index is 0.403. The molecule has 0 bridgehead atoms. The van der Waals surface area contributed by atoms with Crippen LogP contribution in [0.4, 0.5) is 0 Å². The Bertz CT molecular complexity index is 373. The Morgan fingerprint density at radius 1 is 1.10 bits per heavy atom. The average molecular weight is 295 g/mol. The molecule has 3 heteroatoms. The summed E-state index contributed by atoms with van der Waals surface area (Å²) < 4.78 is 0. The van der Waals surface area contributed by atoms with Gasteiger partial charge in [0.05, 0.1) is 0 Å². The van der Waals surface area contributed by atoms with E-state index in [-0.39, 0.29) is 0 Å². The summed E-state index contributed by atoms with van der Waals surface area (Å²) in [4.78, 5) is 3.66. The number of hydrogen-bond donors (Lipinski definition) is 1. The maximum atomic E-state index is 3.67. The fourth-order valence-corrected chi connectivity index (χ4v) is 2.75. The Hall–Kier alpha value is -0.510. The van der Waals surface area contributed by atoms with Crippen LogP contribution in [0.1, 0.15) is 38.8 Å². The average Bonchev–Trinajstić information content (AvgIpc) is 2.42. The molecular formula is C17H30N2S. The van der Waals surface area contributed by atoms with Crippen LogP contribution in [-0.2, 0) is 0 Å². The van der Waals surface area contributed by atoms with E-state index in [2.05, 4.69) is 75.6 Å². The van der Waals surface area contributed by atoms with Gasteiger partial charge in [0, 0.05) is 23.5 Å². The predicted molar refractivity (Wildman–Crippen MR) is 91.6 cm³/mol. The van der Waals surface area contributed by atoms with Gasteiger partial charge in [0.25, 0.3) is 0 Å². The summed E-state index contributed by atoms with van der Waals surface area (Å²) in [5, 5.41) is 3.67. The van der Waals surface area contributed by atoms with Gasteiger partial charge in [-0.3, -0.25) is 0 Å². The normalized spacial score (nSPS) is 14.8. The third-order valence-corrected chi connectivity index (χ3v) is 4.49. The van der Waals surface area contributed by atoms with Crippen LogP contribution in [0.15, 0.2) is 29.2 Å². The Balaban J connectivity index is 2.53. The van der Waals surface area contributed by atoms with Crippen molar-refractivity contribution in [1.82, 2.24) is 10.2 Å². The Morgan fingerprint density at radius 2 is 1.70 bits per heavy atom. The van der Waals surface area contributed by atoms with Gasteiger partial charge >= 0.3 is 0 Å². The van der Waals surface area contributed by atoms with E-state index in [0.29, 0.717) is 12.1 Å². The Morgan fingerprint density at radius 3 is 2.15 bits per heavy atom. The molecule has 0 heterocycles. The van der Waals surface area contributed by atoms with Gasteiger partial charge in [-0.2, -0.15) is 0 Å². The molecule has 1 aromatic rings. The zero-order valence-corrected chi connectivity index (χ0v) is 14.6. The van der Waals surface area contributed by atoms with Crippen LogP contribution in [0.25, 0.3) is 0 Å². The fraction of sp³-hybridized carbons (Fsp3) is 0.647. The van der Waals surface area contributed by atoms with Crippen LogP contribution in [-0.4, -0.2) is 37.8 Å². The summed E-state index contributed by atoms with van der Waals surface area (Å²) in [6.45, 7) is 7.87. The minimum Gasteiger partial charge on any atom is -0.309 e. The molecule has 20 heavy (non-hydrogen) atoms. The molecule has 0 aliphatic heterocycles. The van der Waals surface area contributed by atoms with Crippen molar-refractivity contribution >= 4 is 11.8 Å². The van der Waals surface area contributed by atoms with Gasteiger partial charge in [-0.15, -0.1) is 11.8 Å². The smallest absolute Gasteiger partial charge is 0.0292 e. The van der Waals surface area contributed by atoms with Crippen molar-refractivity contribution in [3.8, 4) is 0 Å². The molecule has 1 N–H and O–H groups in total. The van der Waals surface area contributed by atoms with Crippen molar-refractivity contribution < 1.29 is 0 Å². The van der Waals surface area contributed by atoms with E-state index in [1.807, 2.05) is 0 Å². The molecular weight excluding hydrogens is 264 g/mol. The molecule has 0 amide bonds. The molecule has 0 radical (unpaired) electrons. The fourth-order valence-electron chi connectivity index (χ4n) is 2.34. The number of likely N-dealkylation sites (N-methyl/N-ethyl adjacent to an activating group) is 1. The van der Waals surface area contributed by atoms with Gasteiger partial charge < -0.3 is 10.2 Å². The second-order valence-corrected chi connectivity index (χ2v) is 7.03. The lowest BCUT2D eigenvalue weighted by Gasteiger charge is -2.28. The van der Waals surface area contributed by atoms with E-state index < -0.39 is 0 Å². The lowest BCUT2D eigenvalue weighted by atomic mass is 10.0. The van der Waals surface area contributed by atoms with Gasteiger partial charge in [0.1, 0.15) is 0 Å². The van der Waals surface area contributed by atoms with Gasteiger partial charge in [-0.1, -0.05) is 26.0 Å². The van der Waals surface area contributed by atoms with Crippen molar-refractivity contribution in [3.63, 3.8) is 0 Å². The monoisotopic (exact) mass is 294 g/mol. The summed E-state index contributed by atoms with van der Waals surface area (Å²) in [5.74, 6) is 0.736. The highest BCUT2D eigenvalue weighted by Crippen LogP contribution is 2.19. The second kappa shape index (κ2) is 8.71. The first kappa shape index (κ1) is 17.5. The van der Waals surface area contributed by atoms with Crippen molar-refractivity contribution in [2.45, 2.75) is 44.2 Å². The molecule has 2 nitrogen and oxygen atoms in total. The van der Waals surface area contributed by atoms with Crippen molar-refractivity contribution in [1.29, 1.82) is 0 Å². The lowest BCUT2D eigenvalue weighted by molar-refractivity contribution is 0.242. The topological polar surface area (TPSA) is 15.3 Å². The molecule has 0 fully saturated rings. The summed E-state index contributed by atoms with van der Waals surface area (Å²) >= 11 is 1.79. The highest BCUT2D eigenvalue weighted by molar-refractivity contribution is 7.98. The molecule has 1 rings (SSSR count). The predicted octanol–water partition coefficient (Wildman–Crippen LogP) is 4.04. The van der Waals surface area contributed by atoms with Crippen molar-refractivity contribution in [3.05, 3.63) is 29.8 Å². The molecule has 2 unspecified atom stereocenters. The zero-order valence-electron chi connectivity index (χ0n) is 13.8. The Labute approximate surface area is 129 Å². The van der Waals surface area contributed by atoms with E-state index >= 15 is 0 Å². The third kappa shape index (κ3) is 5.86. The number of nitrogens with one attached hydrogen (secondary N) is 1. The number of nitrogens with zero attached hydrogens (tertiary/aromatic N) is 1. The van der Waals surface area contributed by atoms with E-state index in [1.165, 1.54) is 16.9 Å². The van der Waals surface area contributed by atoms with Gasteiger partial charge in [0.2, 0.25) is 0 Å². The molecule has 2 atom stereocenters. The van der Waals surface area contributed by atoms with Crippen LogP contribution in [0, 0.1) is 5.92 Å². The summed E-state index contributed by atoms with van der Waals surface area (Å²) in [7, 11) is 4.35. The molecule has 0 aromatic heterocycles. The van der Waals surface area contributed by atoms with Gasteiger partial charge in [-0.05, 0) is 57.3 Å². The molecule has 0 aliphatic carbocycles. The first-order valence-electron chi connectivity index (χ1n) is 7.47. The highest BCUT2D eigenvalue weighted by Gasteiger charge is 2.14. The first-order chi connectivity index (χ1) is 9.43. The van der Waals surface area contributed by atoms with Crippen molar-refractivity contribution in [2.75, 3.05) is 26.9 Å². The van der Waals surface area contributed by atoms with E-state index in [0.717, 1.165) is 12.5 Å². The van der Waals surface area contributed by atoms with Crippen LogP contribution in [0.2, 0.25) is 0 Å².